The van der Waals surface area contributed by atoms with Gasteiger partial charge in [0.05, 0.1) is 4.47 Å². The summed E-state index contributed by atoms with van der Waals surface area (Å²) in [6.45, 7) is 4.67. The van der Waals surface area contributed by atoms with Gasteiger partial charge in [-0.2, -0.15) is 0 Å². The zero-order valence-electron chi connectivity index (χ0n) is 10.7. The van der Waals surface area contributed by atoms with Crippen LogP contribution in [-0.2, 0) is 0 Å². The Labute approximate surface area is 119 Å². The van der Waals surface area contributed by atoms with Crippen molar-refractivity contribution in [2.45, 2.75) is 13.8 Å². The van der Waals surface area contributed by atoms with Gasteiger partial charge >= 0.3 is 0 Å². The first kappa shape index (κ1) is 13.7. The number of hydrogen-bond donors (Lipinski definition) is 2. The van der Waals surface area contributed by atoms with E-state index in [9.17, 15) is 4.39 Å². The highest BCUT2D eigenvalue weighted by atomic mass is 79.9. The molecule has 2 rings (SSSR count). The Hall–Kier alpha value is -1.69. The minimum absolute atomic E-state index is 0.311. The number of aromatic nitrogens is 2. The van der Waals surface area contributed by atoms with Gasteiger partial charge in [0, 0.05) is 18.3 Å². The molecule has 0 fully saturated rings. The molecule has 100 valence electrons. The first-order chi connectivity index (χ1) is 9.10. The Morgan fingerprint density at radius 3 is 2.68 bits per heavy atom. The summed E-state index contributed by atoms with van der Waals surface area (Å²) in [5, 5.41) is 6.18. The Bertz CT molecular complexity index is 589. The highest BCUT2D eigenvalue weighted by molar-refractivity contribution is 9.10. The number of aryl methyl sites for hydroxylation is 1. The molecule has 0 atom stereocenters. The van der Waals surface area contributed by atoms with Gasteiger partial charge in [-0.15, -0.1) is 0 Å². The summed E-state index contributed by atoms with van der Waals surface area (Å²) in [7, 11) is 0. The second-order valence-electron chi connectivity index (χ2n) is 4.03. The molecule has 1 heterocycles. The number of nitrogens with zero attached hydrogens (tertiary/aromatic N) is 2. The summed E-state index contributed by atoms with van der Waals surface area (Å²) in [5.41, 5.74) is 1.61. The van der Waals surface area contributed by atoms with Crippen molar-refractivity contribution in [1.29, 1.82) is 0 Å². The molecule has 0 radical (unpaired) electrons. The second-order valence-corrected chi connectivity index (χ2v) is 4.88. The molecule has 2 aromatic rings. The molecular weight excluding hydrogens is 311 g/mol. The number of benzene rings is 1. The van der Waals surface area contributed by atoms with Gasteiger partial charge in [0.15, 0.2) is 0 Å². The van der Waals surface area contributed by atoms with Crippen LogP contribution in [0.5, 0.6) is 0 Å². The van der Waals surface area contributed by atoms with Crippen LogP contribution in [0.3, 0.4) is 0 Å². The molecule has 0 aliphatic rings. The summed E-state index contributed by atoms with van der Waals surface area (Å²) >= 11 is 3.16. The number of anilines is 3. The molecule has 0 bridgehead atoms. The summed E-state index contributed by atoms with van der Waals surface area (Å²) < 4.78 is 14.0. The molecule has 0 saturated heterocycles. The number of nitrogens with one attached hydrogen (secondary N) is 2. The van der Waals surface area contributed by atoms with Crippen molar-refractivity contribution in [3.63, 3.8) is 0 Å². The van der Waals surface area contributed by atoms with Crippen molar-refractivity contribution in [1.82, 2.24) is 9.97 Å². The third kappa shape index (κ3) is 3.41. The maximum absolute atomic E-state index is 13.5. The van der Waals surface area contributed by atoms with Crippen LogP contribution in [-0.4, -0.2) is 16.5 Å². The van der Waals surface area contributed by atoms with Gasteiger partial charge in [-0.25, -0.2) is 14.4 Å². The predicted molar refractivity (Wildman–Crippen MR) is 78.3 cm³/mol. The van der Waals surface area contributed by atoms with Crippen molar-refractivity contribution in [3.05, 3.63) is 40.4 Å². The highest BCUT2D eigenvalue weighted by Gasteiger charge is 2.06. The third-order valence-electron chi connectivity index (χ3n) is 2.55. The zero-order valence-corrected chi connectivity index (χ0v) is 12.3. The van der Waals surface area contributed by atoms with Gasteiger partial charge in [-0.1, -0.05) is 0 Å². The van der Waals surface area contributed by atoms with Crippen LogP contribution in [0.25, 0.3) is 0 Å². The molecule has 0 aliphatic heterocycles. The van der Waals surface area contributed by atoms with E-state index in [1.165, 1.54) is 12.4 Å². The molecule has 0 aliphatic carbocycles. The molecule has 2 N–H and O–H groups in total. The molecule has 19 heavy (non-hydrogen) atoms. The van der Waals surface area contributed by atoms with E-state index in [-0.39, 0.29) is 5.82 Å². The smallest absolute Gasteiger partial charge is 0.139 e. The normalized spacial score (nSPS) is 10.3. The Morgan fingerprint density at radius 2 is 1.95 bits per heavy atom. The van der Waals surface area contributed by atoms with Crippen LogP contribution in [0, 0.1) is 12.7 Å². The summed E-state index contributed by atoms with van der Waals surface area (Å²) in [6.07, 6.45) is 1.46. The maximum Gasteiger partial charge on any atom is 0.139 e. The highest BCUT2D eigenvalue weighted by Crippen LogP contribution is 2.26. The van der Waals surface area contributed by atoms with E-state index in [0.29, 0.717) is 16.0 Å². The van der Waals surface area contributed by atoms with Crippen molar-refractivity contribution in [2.24, 2.45) is 0 Å². The molecule has 0 saturated carbocycles. The largest absolute Gasteiger partial charge is 0.370 e. The minimum atomic E-state index is -0.311. The first-order valence-corrected chi connectivity index (χ1v) is 6.68. The van der Waals surface area contributed by atoms with Gasteiger partial charge in [0.25, 0.3) is 0 Å². The van der Waals surface area contributed by atoms with E-state index in [2.05, 4.69) is 36.5 Å². The van der Waals surface area contributed by atoms with Crippen molar-refractivity contribution >= 4 is 33.3 Å². The lowest BCUT2D eigenvalue weighted by Gasteiger charge is -2.10. The van der Waals surface area contributed by atoms with E-state index >= 15 is 0 Å². The van der Waals surface area contributed by atoms with E-state index < -0.39 is 0 Å². The van der Waals surface area contributed by atoms with Crippen LogP contribution in [0.1, 0.15) is 12.5 Å². The van der Waals surface area contributed by atoms with Gasteiger partial charge in [0.2, 0.25) is 0 Å². The topological polar surface area (TPSA) is 49.8 Å². The lowest BCUT2D eigenvalue weighted by molar-refractivity contribution is 0.621. The van der Waals surface area contributed by atoms with Gasteiger partial charge in [-0.3, -0.25) is 0 Å². The quantitative estimate of drug-likeness (QED) is 0.896. The minimum Gasteiger partial charge on any atom is -0.370 e. The molecule has 1 aromatic heterocycles. The molecule has 4 nitrogen and oxygen atoms in total. The van der Waals surface area contributed by atoms with Crippen LogP contribution in [0.2, 0.25) is 0 Å². The number of hydrogen-bond acceptors (Lipinski definition) is 4. The standard InChI is InChI=1S/C13H14BrFN4/c1-3-16-12-6-13(18-7-17-12)19-11-5-10(15)9(14)4-8(11)2/h4-7H,3H2,1-2H3,(H2,16,17,18,19). The van der Waals surface area contributed by atoms with Crippen LogP contribution in [0.4, 0.5) is 21.7 Å². The molecule has 0 amide bonds. The Kier molecular flexibility index (Phi) is 4.31. The lowest BCUT2D eigenvalue weighted by atomic mass is 10.2. The molecule has 6 heteroatoms. The van der Waals surface area contributed by atoms with Gasteiger partial charge in [0.1, 0.15) is 23.8 Å². The zero-order chi connectivity index (χ0) is 13.8. The predicted octanol–water partition coefficient (Wildman–Crippen LogP) is 3.86. The van der Waals surface area contributed by atoms with E-state index in [4.69, 9.17) is 0 Å². The summed E-state index contributed by atoms with van der Waals surface area (Å²) in [6, 6.07) is 4.95. The SMILES string of the molecule is CCNc1cc(Nc2cc(F)c(Br)cc2C)ncn1. The van der Waals surface area contributed by atoms with E-state index in [0.717, 1.165) is 17.9 Å². The maximum atomic E-state index is 13.5. The third-order valence-corrected chi connectivity index (χ3v) is 3.16. The fourth-order valence-electron chi connectivity index (χ4n) is 1.62. The Morgan fingerprint density at radius 1 is 1.21 bits per heavy atom. The fraction of sp³-hybridized carbons (Fsp3) is 0.231. The van der Waals surface area contributed by atoms with Crippen molar-refractivity contribution in [2.75, 3.05) is 17.2 Å². The summed E-state index contributed by atoms with van der Waals surface area (Å²) in [4.78, 5) is 8.19. The van der Waals surface area contributed by atoms with E-state index in [1.54, 1.807) is 12.1 Å². The van der Waals surface area contributed by atoms with Crippen molar-refractivity contribution < 1.29 is 4.39 Å². The average Bonchev–Trinajstić information content (AvgIpc) is 2.37. The van der Waals surface area contributed by atoms with Crippen LogP contribution in [0.15, 0.2) is 29.0 Å². The van der Waals surface area contributed by atoms with Crippen LogP contribution < -0.4 is 10.6 Å². The first-order valence-electron chi connectivity index (χ1n) is 5.88. The lowest BCUT2D eigenvalue weighted by Crippen LogP contribution is -2.02. The van der Waals surface area contributed by atoms with Gasteiger partial charge < -0.3 is 10.6 Å². The molecule has 0 spiro atoms. The molecular formula is C13H14BrFN4. The van der Waals surface area contributed by atoms with Gasteiger partial charge in [-0.05, 0) is 47.5 Å². The van der Waals surface area contributed by atoms with Crippen molar-refractivity contribution in [3.8, 4) is 0 Å². The molecule has 0 unspecified atom stereocenters. The average molecular weight is 325 g/mol. The van der Waals surface area contributed by atoms with Crippen LogP contribution >= 0.6 is 15.9 Å². The summed E-state index contributed by atoms with van der Waals surface area (Å²) in [5.74, 6) is 1.04. The fourth-order valence-corrected chi connectivity index (χ4v) is 2.08. The second kappa shape index (κ2) is 5.97. The number of rotatable bonds is 4. The van der Waals surface area contributed by atoms with E-state index in [1.807, 2.05) is 13.8 Å². The monoisotopic (exact) mass is 324 g/mol. The number of halogens is 2. The Balaban J connectivity index is 2.25. The molecule has 1 aromatic carbocycles.